The molecule has 9 heteroatoms. The van der Waals surface area contributed by atoms with E-state index in [2.05, 4.69) is 5.32 Å². The largest absolute Gasteiger partial charge is 0.507 e. The van der Waals surface area contributed by atoms with Crippen molar-refractivity contribution in [3.8, 4) is 5.75 Å². The van der Waals surface area contributed by atoms with Crippen molar-refractivity contribution in [3.05, 3.63) is 53.6 Å². The average Bonchev–Trinajstić information content (AvgIpc) is 2.75. The van der Waals surface area contributed by atoms with E-state index < -0.39 is 28.5 Å². The number of aryl methyl sites for hydroxylation is 1. The number of aromatic hydroxyl groups is 1. The van der Waals surface area contributed by atoms with Crippen molar-refractivity contribution in [1.82, 2.24) is 4.31 Å². The number of para-hydroxylation sites is 1. The fraction of sp³-hybridized carbons (Fsp3) is 0.333. The van der Waals surface area contributed by atoms with E-state index in [9.17, 15) is 23.1 Å². The molecular formula is C21H24N2O6S. The molecular weight excluding hydrogens is 408 g/mol. The van der Waals surface area contributed by atoms with Gasteiger partial charge in [-0.15, -0.1) is 0 Å². The highest BCUT2D eigenvalue weighted by atomic mass is 32.2. The summed E-state index contributed by atoms with van der Waals surface area (Å²) in [5.74, 6) is -1.64. The summed E-state index contributed by atoms with van der Waals surface area (Å²) in [5, 5.41) is 12.4. The Labute approximate surface area is 175 Å². The van der Waals surface area contributed by atoms with Gasteiger partial charge in [-0.05, 0) is 49.6 Å². The molecule has 0 aliphatic carbocycles. The number of carbonyl (C=O) groups excluding carboxylic acids is 2. The molecule has 1 fully saturated rings. The predicted octanol–water partition coefficient (Wildman–Crippen LogP) is 2.67. The molecule has 0 atom stereocenters. The Balaban J connectivity index is 1.62. The van der Waals surface area contributed by atoms with Crippen molar-refractivity contribution in [2.45, 2.75) is 31.1 Å². The van der Waals surface area contributed by atoms with E-state index in [1.54, 1.807) is 31.2 Å². The van der Waals surface area contributed by atoms with Gasteiger partial charge in [0.15, 0.2) is 6.61 Å². The zero-order valence-corrected chi connectivity index (χ0v) is 17.4. The third-order valence-electron chi connectivity index (χ3n) is 4.86. The first-order chi connectivity index (χ1) is 14.3. The van der Waals surface area contributed by atoms with Gasteiger partial charge in [-0.25, -0.2) is 13.2 Å². The van der Waals surface area contributed by atoms with E-state index in [1.807, 2.05) is 0 Å². The topological polar surface area (TPSA) is 113 Å². The standard InChI is InChI=1S/C21H24N2O6S/c1-15-7-5-10-18(20(15)25)21(26)29-14-19(24)22-16-8-6-9-17(13-16)30(27,28)23-11-3-2-4-12-23/h5-10,13,25H,2-4,11-12,14H2,1H3,(H,22,24). The Kier molecular flexibility index (Phi) is 6.73. The number of hydrogen-bond donors (Lipinski definition) is 2. The number of phenolic OH excluding ortho intramolecular Hbond substituents is 1. The normalized spacial score (nSPS) is 14.8. The molecule has 1 aliphatic heterocycles. The molecule has 0 radical (unpaired) electrons. The molecule has 30 heavy (non-hydrogen) atoms. The van der Waals surface area contributed by atoms with Gasteiger partial charge < -0.3 is 15.2 Å². The first-order valence-corrected chi connectivity index (χ1v) is 11.1. The van der Waals surface area contributed by atoms with E-state index >= 15 is 0 Å². The quantitative estimate of drug-likeness (QED) is 0.679. The third kappa shape index (κ3) is 4.98. The zero-order chi connectivity index (χ0) is 21.7. The third-order valence-corrected chi connectivity index (χ3v) is 6.76. The van der Waals surface area contributed by atoms with Crippen LogP contribution in [0.4, 0.5) is 5.69 Å². The highest BCUT2D eigenvalue weighted by molar-refractivity contribution is 7.89. The molecule has 2 aromatic carbocycles. The first kappa shape index (κ1) is 21.8. The molecule has 2 aromatic rings. The van der Waals surface area contributed by atoms with Gasteiger partial charge in [0.05, 0.1) is 4.90 Å². The summed E-state index contributed by atoms with van der Waals surface area (Å²) in [6, 6.07) is 10.6. The van der Waals surface area contributed by atoms with Crippen molar-refractivity contribution >= 4 is 27.6 Å². The Hall–Kier alpha value is -2.91. The summed E-state index contributed by atoms with van der Waals surface area (Å²) in [6.07, 6.45) is 2.68. The van der Waals surface area contributed by atoms with Crippen molar-refractivity contribution in [2.75, 3.05) is 25.0 Å². The maximum Gasteiger partial charge on any atom is 0.342 e. The van der Waals surface area contributed by atoms with Crippen LogP contribution < -0.4 is 5.32 Å². The van der Waals surface area contributed by atoms with Crippen LogP contribution in [0.25, 0.3) is 0 Å². The van der Waals surface area contributed by atoms with Crippen LogP contribution in [-0.4, -0.2) is 49.4 Å². The van der Waals surface area contributed by atoms with Gasteiger partial charge in [-0.1, -0.05) is 24.6 Å². The first-order valence-electron chi connectivity index (χ1n) is 9.65. The maximum absolute atomic E-state index is 12.8. The summed E-state index contributed by atoms with van der Waals surface area (Å²) in [5.41, 5.74) is 0.769. The van der Waals surface area contributed by atoms with Gasteiger partial charge in [0, 0.05) is 18.8 Å². The molecule has 0 spiro atoms. The van der Waals surface area contributed by atoms with Crippen molar-refractivity contribution in [3.63, 3.8) is 0 Å². The number of rotatable bonds is 6. The maximum atomic E-state index is 12.8. The molecule has 1 aliphatic rings. The summed E-state index contributed by atoms with van der Waals surface area (Å²) in [4.78, 5) is 24.3. The molecule has 1 saturated heterocycles. The second-order valence-corrected chi connectivity index (χ2v) is 9.03. The lowest BCUT2D eigenvalue weighted by molar-refractivity contribution is -0.119. The van der Waals surface area contributed by atoms with Crippen LogP contribution in [0, 0.1) is 6.92 Å². The van der Waals surface area contributed by atoms with E-state index in [4.69, 9.17) is 4.74 Å². The lowest BCUT2D eigenvalue weighted by atomic mass is 10.1. The number of benzene rings is 2. The van der Waals surface area contributed by atoms with E-state index in [-0.39, 0.29) is 21.9 Å². The number of carbonyl (C=O) groups is 2. The lowest BCUT2D eigenvalue weighted by Gasteiger charge is -2.26. The monoisotopic (exact) mass is 432 g/mol. The number of anilines is 1. The summed E-state index contributed by atoms with van der Waals surface area (Å²) in [7, 11) is -3.62. The number of amides is 1. The molecule has 160 valence electrons. The van der Waals surface area contributed by atoms with Gasteiger partial charge in [-0.3, -0.25) is 4.79 Å². The van der Waals surface area contributed by atoms with E-state index in [1.165, 1.54) is 22.5 Å². The van der Waals surface area contributed by atoms with Crippen LogP contribution in [0.3, 0.4) is 0 Å². The molecule has 0 unspecified atom stereocenters. The minimum absolute atomic E-state index is 0.0302. The highest BCUT2D eigenvalue weighted by Gasteiger charge is 2.26. The molecule has 8 nitrogen and oxygen atoms in total. The number of sulfonamides is 1. The Morgan fingerprint density at radius 3 is 2.53 bits per heavy atom. The van der Waals surface area contributed by atoms with Crippen LogP contribution in [0.5, 0.6) is 5.75 Å². The predicted molar refractivity (Wildman–Crippen MR) is 111 cm³/mol. The summed E-state index contributed by atoms with van der Waals surface area (Å²) in [6.45, 7) is 2.04. The number of hydrogen-bond acceptors (Lipinski definition) is 6. The summed E-state index contributed by atoms with van der Waals surface area (Å²) < 4.78 is 32.0. The molecule has 0 saturated carbocycles. The van der Waals surface area contributed by atoms with Crippen molar-refractivity contribution in [1.29, 1.82) is 0 Å². The van der Waals surface area contributed by atoms with Gasteiger partial charge in [0.25, 0.3) is 5.91 Å². The molecule has 2 N–H and O–H groups in total. The Morgan fingerprint density at radius 1 is 1.10 bits per heavy atom. The van der Waals surface area contributed by atoms with Gasteiger partial charge in [-0.2, -0.15) is 4.31 Å². The Morgan fingerprint density at radius 2 is 1.80 bits per heavy atom. The molecule has 1 amide bonds. The zero-order valence-electron chi connectivity index (χ0n) is 16.6. The fourth-order valence-electron chi connectivity index (χ4n) is 3.22. The second-order valence-electron chi connectivity index (χ2n) is 7.09. The summed E-state index contributed by atoms with van der Waals surface area (Å²) >= 11 is 0. The van der Waals surface area contributed by atoms with E-state index in [0.29, 0.717) is 18.7 Å². The molecule has 3 rings (SSSR count). The SMILES string of the molecule is Cc1cccc(C(=O)OCC(=O)Nc2cccc(S(=O)(=O)N3CCCCC3)c2)c1O. The van der Waals surface area contributed by atoms with Gasteiger partial charge in [0.1, 0.15) is 11.3 Å². The van der Waals surface area contributed by atoms with Crippen LogP contribution in [0.1, 0.15) is 35.2 Å². The van der Waals surface area contributed by atoms with Crippen molar-refractivity contribution < 1.29 is 27.9 Å². The van der Waals surface area contributed by atoms with E-state index in [0.717, 1.165) is 19.3 Å². The minimum atomic E-state index is -3.62. The highest BCUT2D eigenvalue weighted by Crippen LogP contribution is 2.24. The number of piperidine rings is 1. The smallest absolute Gasteiger partial charge is 0.342 e. The van der Waals surface area contributed by atoms with Crippen LogP contribution in [0.15, 0.2) is 47.4 Å². The fourth-order valence-corrected chi connectivity index (χ4v) is 4.78. The molecule has 0 aromatic heterocycles. The van der Waals surface area contributed by atoms with Crippen LogP contribution in [-0.2, 0) is 19.6 Å². The number of ether oxygens (including phenoxy) is 1. The average molecular weight is 432 g/mol. The van der Waals surface area contributed by atoms with Gasteiger partial charge in [0.2, 0.25) is 10.0 Å². The number of esters is 1. The van der Waals surface area contributed by atoms with Crippen LogP contribution in [0.2, 0.25) is 0 Å². The van der Waals surface area contributed by atoms with Crippen LogP contribution >= 0.6 is 0 Å². The van der Waals surface area contributed by atoms with Crippen molar-refractivity contribution in [2.24, 2.45) is 0 Å². The second kappa shape index (κ2) is 9.27. The number of nitrogens with one attached hydrogen (secondary N) is 1. The lowest BCUT2D eigenvalue weighted by Crippen LogP contribution is -2.35. The Bertz CT molecular complexity index is 1050. The number of phenols is 1. The molecule has 1 heterocycles. The minimum Gasteiger partial charge on any atom is -0.507 e. The van der Waals surface area contributed by atoms with Gasteiger partial charge >= 0.3 is 5.97 Å². The number of nitrogens with zero attached hydrogens (tertiary/aromatic N) is 1. The molecule has 0 bridgehead atoms.